The van der Waals surface area contributed by atoms with Crippen LogP contribution in [-0.2, 0) is 19.5 Å². The smallest absolute Gasteiger partial charge is 0.335 e. The Morgan fingerprint density at radius 3 is 2.42 bits per heavy atom. The van der Waals surface area contributed by atoms with E-state index < -0.39 is 5.97 Å². The minimum absolute atomic E-state index is 0.00000909. The normalized spacial score (nSPS) is 12.1. The molecule has 0 radical (unpaired) electrons. The first kappa shape index (κ1) is 24.8. The van der Waals surface area contributed by atoms with Gasteiger partial charge in [0.25, 0.3) is 5.56 Å². The van der Waals surface area contributed by atoms with Crippen molar-refractivity contribution in [3.05, 3.63) is 97.4 Å². The molecule has 1 N–H and O–H groups in total. The van der Waals surface area contributed by atoms with Gasteiger partial charge in [0, 0.05) is 24.7 Å². The number of aromatic carboxylic acids is 1. The van der Waals surface area contributed by atoms with Crippen LogP contribution in [0.1, 0.15) is 40.1 Å². The van der Waals surface area contributed by atoms with Crippen molar-refractivity contribution < 1.29 is 14.6 Å². The number of aromatic nitrogens is 1. The van der Waals surface area contributed by atoms with Gasteiger partial charge in [-0.25, -0.2) is 4.79 Å². The fourth-order valence-corrected chi connectivity index (χ4v) is 4.25. The number of hydrogen-bond donors (Lipinski definition) is 1. The summed E-state index contributed by atoms with van der Waals surface area (Å²) >= 11 is 12.7. The molecule has 3 rings (SSSR count). The van der Waals surface area contributed by atoms with E-state index in [0.29, 0.717) is 30.2 Å². The van der Waals surface area contributed by atoms with E-state index >= 15 is 0 Å². The number of rotatable bonds is 9. The van der Waals surface area contributed by atoms with E-state index in [4.69, 9.17) is 33.0 Å². The highest BCUT2D eigenvalue weighted by molar-refractivity contribution is 6.34. The Morgan fingerprint density at radius 1 is 1.12 bits per heavy atom. The summed E-state index contributed by atoms with van der Waals surface area (Å²) in [5, 5.41) is 9.55. The van der Waals surface area contributed by atoms with Crippen LogP contribution in [0.15, 0.2) is 59.4 Å². The molecule has 1 heterocycles. The van der Waals surface area contributed by atoms with Crippen LogP contribution in [0.2, 0.25) is 10.0 Å². The van der Waals surface area contributed by atoms with E-state index in [1.807, 2.05) is 31.3 Å². The first-order valence-electron chi connectivity index (χ1n) is 10.5. The molecule has 0 fully saturated rings. The van der Waals surface area contributed by atoms with E-state index in [-0.39, 0.29) is 22.2 Å². The average Bonchev–Trinajstić information content (AvgIpc) is 2.81. The summed E-state index contributed by atoms with van der Waals surface area (Å²) in [6.45, 7) is 2.84. The molecule has 3 aromatic rings. The van der Waals surface area contributed by atoms with Crippen LogP contribution < -0.4 is 10.3 Å². The molecule has 0 unspecified atom stereocenters. The van der Waals surface area contributed by atoms with Crippen molar-refractivity contribution in [1.82, 2.24) is 9.47 Å². The zero-order valence-electron chi connectivity index (χ0n) is 18.7. The maximum atomic E-state index is 12.9. The minimum atomic E-state index is -0.978. The van der Waals surface area contributed by atoms with Crippen LogP contribution in [0.3, 0.4) is 0 Å². The Hall–Kier alpha value is -2.80. The maximum Gasteiger partial charge on any atom is 0.335 e. The lowest BCUT2D eigenvalue weighted by molar-refractivity contribution is 0.0697. The first-order valence-corrected chi connectivity index (χ1v) is 11.2. The molecule has 33 heavy (non-hydrogen) atoms. The molecule has 2 aromatic carbocycles. The van der Waals surface area contributed by atoms with Gasteiger partial charge in [-0.05, 0) is 50.2 Å². The molecular weight excluding hydrogens is 463 g/mol. The number of carboxylic acids is 1. The number of halogens is 2. The second-order valence-electron chi connectivity index (χ2n) is 7.83. The lowest BCUT2D eigenvalue weighted by atomic mass is 10.1. The lowest BCUT2D eigenvalue weighted by Crippen LogP contribution is -2.30. The second kappa shape index (κ2) is 10.9. The standard InChI is InChI=1S/C25H26Cl2N2O4/c1-16(19-6-4-5-7-23(19)33-3)28(2)15-22-20(26)14-21(27)24(30)29(22)13-12-17-8-10-18(11-9-17)25(31)32/h4-11,14,16H,12-13,15H2,1-3H3,(H,31,32)/t16-/m0/s1. The highest BCUT2D eigenvalue weighted by Gasteiger charge is 2.20. The van der Waals surface area contributed by atoms with Gasteiger partial charge in [-0.15, -0.1) is 0 Å². The quantitative estimate of drug-likeness (QED) is 0.442. The van der Waals surface area contributed by atoms with Gasteiger partial charge in [-0.1, -0.05) is 53.5 Å². The van der Waals surface area contributed by atoms with E-state index in [9.17, 15) is 9.59 Å². The Bertz CT molecular complexity index is 1190. The zero-order valence-corrected chi connectivity index (χ0v) is 20.2. The van der Waals surface area contributed by atoms with Gasteiger partial charge < -0.3 is 14.4 Å². The van der Waals surface area contributed by atoms with Gasteiger partial charge in [-0.2, -0.15) is 0 Å². The third-order valence-electron chi connectivity index (χ3n) is 5.78. The maximum absolute atomic E-state index is 12.9. The summed E-state index contributed by atoms with van der Waals surface area (Å²) in [7, 11) is 3.60. The van der Waals surface area contributed by atoms with Crippen LogP contribution in [0.5, 0.6) is 5.75 Å². The molecule has 1 atom stereocenters. The van der Waals surface area contributed by atoms with Crippen LogP contribution in [-0.4, -0.2) is 34.7 Å². The molecule has 0 aliphatic carbocycles. The summed E-state index contributed by atoms with van der Waals surface area (Å²) in [5.74, 6) is -0.185. The highest BCUT2D eigenvalue weighted by Crippen LogP contribution is 2.30. The van der Waals surface area contributed by atoms with Crippen molar-refractivity contribution in [1.29, 1.82) is 0 Å². The number of hydrogen-bond acceptors (Lipinski definition) is 4. The minimum Gasteiger partial charge on any atom is -0.496 e. The number of methoxy groups -OCH3 is 1. The summed E-state index contributed by atoms with van der Waals surface area (Å²) in [6.07, 6.45) is 0.523. The van der Waals surface area contributed by atoms with E-state index in [0.717, 1.165) is 16.9 Å². The topological polar surface area (TPSA) is 71.8 Å². The van der Waals surface area contributed by atoms with E-state index in [1.165, 1.54) is 6.07 Å². The van der Waals surface area contributed by atoms with Crippen molar-refractivity contribution in [3.8, 4) is 5.75 Å². The number of carbonyl (C=O) groups is 1. The van der Waals surface area contributed by atoms with Crippen molar-refractivity contribution in [3.63, 3.8) is 0 Å². The van der Waals surface area contributed by atoms with Crippen LogP contribution in [0, 0.1) is 0 Å². The number of benzene rings is 2. The van der Waals surface area contributed by atoms with E-state index in [1.54, 1.807) is 35.9 Å². The second-order valence-corrected chi connectivity index (χ2v) is 8.64. The number of carboxylic acid groups (broad SMARTS) is 1. The van der Waals surface area contributed by atoms with Gasteiger partial charge in [0.2, 0.25) is 0 Å². The van der Waals surface area contributed by atoms with Crippen molar-refractivity contribution in [2.75, 3.05) is 14.2 Å². The van der Waals surface area contributed by atoms with Gasteiger partial charge >= 0.3 is 5.97 Å². The molecule has 0 amide bonds. The van der Waals surface area contributed by atoms with Crippen molar-refractivity contribution >= 4 is 29.2 Å². The summed E-state index contributed by atoms with van der Waals surface area (Å²) in [4.78, 5) is 26.0. The molecule has 0 spiro atoms. The third-order valence-corrected chi connectivity index (χ3v) is 6.38. The monoisotopic (exact) mass is 488 g/mol. The predicted octanol–water partition coefficient (Wildman–Crippen LogP) is 5.30. The average molecular weight is 489 g/mol. The van der Waals surface area contributed by atoms with Gasteiger partial charge in [0.1, 0.15) is 10.8 Å². The summed E-state index contributed by atoms with van der Waals surface area (Å²) < 4.78 is 7.10. The molecule has 0 aliphatic rings. The Kier molecular flexibility index (Phi) is 8.19. The van der Waals surface area contributed by atoms with E-state index in [2.05, 4.69) is 11.8 Å². The molecule has 0 saturated carbocycles. The fourth-order valence-electron chi connectivity index (χ4n) is 3.71. The molecule has 0 aliphatic heterocycles. The van der Waals surface area contributed by atoms with Crippen LogP contribution >= 0.6 is 23.2 Å². The first-order chi connectivity index (χ1) is 15.7. The van der Waals surface area contributed by atoms with Crippen molar-refractivity contribution in [2.45, 2.75) is 32.5 Å². The Balaban J connectivity index is 1.86. The fraction of sp³-hybridized carbons (Fsp3) is 0.280. The molecular formula is C25H26Cl2N2O4. The SMILES string of the molecule is COc1ccccc1[C@H](C)N(C)Cc1c(Cl)cc(Cl)c(=O)n1CCc1ccc(C(=O)O)cc1. The Morgan fingerprint density at radius 2 is 1.79 bits per heavy atom. The van der Waals surface area contributed by atoms with Crippen LogP contribution in [0.4, 0.5) is 0 Å². The molecule has 6 nitrogen and oxygen atoms in total. The summed E-state index contributed by atoms with van der Waals surface area (Å²) in [5.41, 5.74) is 2.51. The van der Waals surface area contributed by atoms with Gasteiger partial charge in [0.15, 0.2) is 0 Å². The molecule has 0 saturated heterocycles. The van der Waals surface area contributed by atoms with Crippen LogP contribution in [0.25, 0.3) is 0 Å². The van der Waals surface area contributed by atoms with Gasteiger partial charge in [0.05, 0.1) is 23.4 Å². The summed E-state index contributed by atoms with van der Waals surface area (Å²) in [6, 6.07) is 15.9. The molecule has 0 bridgehead atoms. The molecule has 1 aromatic heterocycles. The van der Waals surface area contributed by atoms with Crippen molar-refractivity contribution in [2.24, 2.45) is 0 Å². The largest absolute Gasteiger partial charge is 0.496 e. The highest BCUT2D eigenvalue weighted by atomic mass is 35.5. The molecule has 174 valence electrons. The van der Waals surface area contributed by atoms with Gasteiger partial charge in [-0.3, -0.25) is 9.69 Å². The Labute approximate surface area is 202 Å². The number of nitrogens with zero attached hydrogens (tertiary/aromatic N) is 2. The number of para-hydroxylation sites is 1. The zero-order chi connectivity index (χ0) is 24.1. The molecule has 8 heteroatoms. The third kappa shape index (κ3) is 5.77. The predicted molar refractivity (Wildman–Crippen MR) is 131 cm³/mol. The lowest BCUT2D eigenvalue weighted by Gasteiger charge is -2.28. The number of ether oxygens (including phenoxy) is 1. The number of aryl methyl sites for hydroxylation is 1. The number of pyridine rings is 1.